The number of likely N-dealkylation sites (N-methyl/N-ethyl adjacent to an activating group) is 1. The van der Waals surface area contributed by atoms with Crippen molar-refractivity contribution in [2.75, 3.05) is 7.05 Å². The Morgan fingerprint density at radius 1 is 1.64 bits per heavy atom. The molecule has 0 heterocycles. The fourth-order valence-electron chi connectivity index (χ4n) is 0.911. The van der Waals surface area contributed by atoms with Crippen molar-refractivity contribution in [2.24, 2.45) is 5.92 Å². The van der Waals surface area contributed by atoms with Gasteiger partial charge in [0.05, 0.1) is 0 Å². The van der Waals surface area contributed by atoms with E-state index >= 15 is 0 Å². The maximum absolute atomic E-state index is 10.5. The first-order chi connectivity index (χ1) is 5.11. The number of aliphatic carboxylic acids is 1. The van der Waals surface area contributed by atoms with Gasteiger partial charge < -0.3 is 10.4 Å². The van der Waals surface area contributed by atoms with Gasteiger partial charge in [-0.3, -0.25) is 4.79 Å². The van der Waals surface area contributed by atoms with Crippen LogP contribution in [0.4, 0.5) is 0 Å². The van der Waals surface area contributed by atoms with Crippen molar-refractivity contribution in [3.8, 4) is 0 Å². The van der Waals surface area contributed by atoms with Gasteiger partial charge in [-0.25, -0.2) is 0 Å². The summed E-state index contributed by atoms with van der Waals surface area (Å²) in [5.41, 5.74) is 0. The van der Waals surface area contributed by atoms with Crippen LogP contribution in [0.1, 0.15) is 26.7 Å². The average Bonchev–Trinajstić information content (AvgIpc) is 1.99. The van der Waals surface area contributed by atoms with Crippen molar-refractivity contribution >= 4 is 5.97 Å². The van der Waals surface area contributed by atoms with Gasteiger partial charge in [0.15, 0.2) is 0 Å². The lowest BCUT2D eigenvalue weighted by Crippen LogP contribution is -2.35. The molecule has 2 atom stereocenters. The van der Waals surface area contributed by atoms with Crippen molar-refractivity contribution in [1.82, 2.24) is 5.32 Å². The van der Waals surface area contributed by atoms with E-state index in [-0.39, 0.29) is 6.04 Å². The highest BCUT2D eigenvalue weighted by atomic mass is 16.4. The van der Waals surface area contributed by atoms with Gasteiger partial charge in [-0.15, -0.1) is 0 Å². The highest BCUT2D eigenvalue weighted by Crippen LogP contribution is 2.09. The van der Waals surface area contributed by atoms with Gasteiger partial charge in [-0.2, -0.15) is 0 Å². The Hall–Kier alpha value is -0.570. The number of nitrogens with one attached hydrogen (secondary N) is 1. The molecule has 0 rings (SSSR count). The van der Waals surface area contributed by atoms with Crippen LogP contribution in [-0.4, -0.2) is 24.2 Å². The summed E-state index contributed by atoms with van der Waals surface area (Å²) < 4.78 is 0. The van der Waals surface area contributed by atoms with Crippen molar-refractivity contribution in [3.05, 3.63) is 0 Å². The van der Waals surface area contributed by atoms with Crippen LogP contribution in [0.2, 0.25) is 0 Å². The second-order valence-corrected chi connectivity index (χ2v) is 2.93. The zero-order valence-electron chi connectivity index (χ0n) is 7.42. The number of hydrogen-bond donors (Lipinski definition) is 2. The maximum atomic E-state index is 10.5. The maximum Gasteiger partial charge on any atom is 0.320 e. The summed E-state index contributed by atoms with van der Waals surface area (Å²) in [5, 5.41) is 11.4. The highest BCUT2D eigenvalue weighted by Gasteiger charge is 2.16. The molecule has 3 nitrogen and oxygen atoms in total. The summed E-state index contributed by atoms with van der Waals surface area (Å²) in [6, 6.07) is -0.384. The summed E-state index contributed by atoms with van der Waals surface area (Å²) in [7, 11) is 1.68. The van der Waals surface area contributed by atoms with Gasteiger partial charge in [0.2, 0.25) is 0 Å². The summed E-state index contributed by atoms with van der Waals surface area (Å²) >= 11 is 0. The van der Waals surface area contributed by atoms with E-state index in [0.717, 1.165) is 6.42 Å². The first-order valence-electron chi connectivity index (χ1n) is 4.01. The van der Waals surface area contributed by atoms with Crippen LogP contribution in [0.15, 0.2) is 0 Å². The van der Waals surface area contributed by atoms with Gasteiger partial charge in [0.25, 0.3) is 0 Å². The van der Waals surface area contributed by atoms with E-state index in [0.29, 0.717) is 12.3 Å². The van der Waals surface area contributed by atoms with Gasteiger partial charge in [0.1, 0.15) is 6.04 Å². The molecule has 0 spiro atoms. The Morgan fingerprint density at radius 2 is 2.18 bits per heavy atom. The summed E-state index contributed by atoms with van der Waals surface area (Å²) in [4.78, 5) is 10.5. The molecule has 2 N–H and O–H groups in total. The summed E-state index contributed by atoms with van der Waals surface area (Å²) in [6.45, 7) is 4.13. The van der Waals surface area contributed by atoms with Crippen LogP contribution < -0.4 is 5.32 Å². The SMILES string of the molecule is CC[C@@H](C)C[C@H](NC)C(=O)O. The minimum atomic E-state index is -0.757. The van der Waals surface area contributed by atoms with Gasteiger partial charge in [-0.1, -0.05) is 20.3 Å². The number of rotatable bonds is 5. The Balaban J connectivity index is 3.77. The third-order valence-corrected chi connectivity index (χ3v) is 1.98. The van der Waals surface area contributed by atoms with E-state index in [9.17, 15) is 4.79 Å². The molecule has 11 heavy (non-hydrogen) atoms. The molecule has 0 unspecified atom stereocenters. The summed E-state index contributed by atoms with van der Waals surface area (Å²) in [6.07, 6.45) is 1.74. The molecule has 0 radical (unpaired) electrons. The van der Waals surface area contributed by atoms with E-state index < -0.39 is 5.97 Å². The molecule has 0 amide bonds. The van der Waals surface area contributed by atoms with Crippen LogP contribution in [0.25, 0.3) is 0 Å². The molecule has 0 aromatic heterocycles. The van der Waals surface area contributed by atoms with Gasteiger partial charge >= 0.3 is 5.97 Å². The molecule has 0 aliphatic heterocycles. The standard InChI is InChI=1S/C8H17NO2/c1-4-6(2)5-7(9-3)8(10)11/h6-7,9H,4-5H2,1-3H3,(H,10,11)/t6-,7+/m1/s1. The van der Waals surface area contributed by atoms with Crippen molar-refractivity contribution in [1.29, 1.82) is 0 Å². The predicted molar refractivity (Wildman–Crippen MR) is 44.6 cm³/mol. The number of carboxylic acids is 1. The van der Waals surface area contributed by atoms with Crippen molar-refractivity contribution in [2.45, 2.75) is 32.7 Å². The minimum absolute atomic E-state index is 0.384. The van der Waals surface area contributed by atoms with Crippen LogP contribution in [-0.2, 0) is 4.79 Å². The second kappa shape index (κ2) is 5.13. The van der Waals surface area contributed by atoms with Crippen LogP contribution in [0.3, 0.4) is 0 Å². The lowest BCUT2D eigenvalue weighted by Gasteiger charge is -2.14. The van der Waals surface area contributed by atoms with Gasteiger partial charge in [-0.05, 0) is 19.4 Å². The Morgan fingerprint density at radius 3 is 2.45 bits per heavy atom. The van der Waals surface area contributed by atoms with E-state index in [1.54, 1.807) is 7.05 Å². The molecular formula is C8H17NO2. The molecule has 0 bridgehead atoms. The Kier molecular flexibility index (Phi) is 4.86. The van der Waals surface area contributed by atoms with Crippen molar-refractivity contribution in [3.63, 3.8) is 0 Å². The number of carboxylic acid groups (broad SMARTS) is 1. The fourth-order valence-corrected chi connectivity index (χ4v) is 0.911. The number of hydrogen-bond acceptors (Lipinski definition) is 2. The highest BCUT2D eigenvalue weighted by molar-refractivity contribution is 5.73. The van der Waals surface area contributed by atoms with E-state index in [1.165, 1.54) is 0 Å². The lowest BCUT2D eigenvalue weighted by atomic mass is 10.00. The third-order valence-electron chi connectivity index (χ3n) is 1.98. The molecule has 3 heteroatoms. The molecule has 0 aromatic rings. The zero-order chi connectivity index (χ0) is 8.85. The Labute approximate surface area is 67.8 Å². The first-order valence-corrected chi connectivity index (χ1v) is 4.01. The second-order valence-electron chi connectivity index (χ2n) is 2.93. The Bertz CT molecular complexity index is 125. The molecular weight excluding hydrogens is 142 g/mol. The molecule has 0 saturated carbocycles. The largest absolute Gasteiger partial charge is 0.480 e. The van der Waals surface area contributed by atoms with Gasteiger partial charge in [0, 0.05) is 0 Å². The third kappa shape index (κ3) is 3.98. The smallest absolute Gasteiger partial charge is 0.320 e. The molecule has 0 fully saturated rings. The predicted octanol–water partition coefficient (Wildman–Crippen LogP) is 1.10. The van der Waals surface area contributed by atoms with E-state index in [2.05, 4.69) is 19.2 Å². The molecule has 0 aliphatic rings. The van der Waals surface area contributed by atoms with Crippen LogP contribution in [0, 0.1) is 5.92 Å². The first kappa shape index (κ1) is 10.4. The number of carbonyl (C=O) groups is 1. The minimum Gasteiger partial charge on any atom is -0.480 e. The van der Waals surface area contributed by atoms with Crippen molar-refractivity contribution < 1.29 is 9.90 Å². The molecule has 0 saturated heterocycles. The lowest BCUT2D eigenvalue weighted by molar-refractivity contribution is -0.139. The van der Waals surface area contributed by atoms with Crippen LogP contribution >= 0.6 is 0 Å². The summed E-state index contributed by atoms with van der Waals surface area (Å²) in [5.74, 6) is -0.281. The van der Waals surface area contributed by atoms with E-state index in [4.69, 9.17) is 5.11 Å². The topological polar surface area (TPSA) is 49.3 Å². The van der Waals surface area contributed by atoms with Crippen LogP contribution in [0.5, 0.6) is 0 Å². The molecule has 0 aromatic carbocycles. The molecule has 0 aliphatic carbocycles. The molecule has 66 valence electrons. The average molecular weight is 159 g/mol. The zero-order valence-corrected chi connectivity index (χ0v) is 7.42. The van der Waals surface area contributed by atoms with E-state index in [1.807, 2.05) is 0 Å². The normalized spacial score (nSPS) is 15.9. The fraction of sp³-hybridized carbons (Fsp3) is 0.875. The quantitative estimate of drug-likeness (QED) is 0.631. The monoisotopic (exact) mass is 159 g/mol.